The first-order valence-electron chi connectivity index (χ1n) is 8.22. The Balaban J connectivity index is 1.83. The quantitative estimate of drug-likeness (QED) is 0.463. The molecule has 26 heavy (non-hydrogen) atoms. The summed E-state index contributed by atoms with van der Waals surface area (Å²) in [5.41, 5.74) is 2.64. The van der Waals surface area contributed by atoms with E-state index in [0.717, 1.165) is 15.7 Å². The molecule has 2 atom stereocenters. The van der Waals surface area contributed by atoms with E-state index in [2.05, 4.69) is 21.2 Å². The second kappa shape index (κ2) is 8.67. The van der Waals surface area contributed by atoms with Gasteiger partial charge in [-0.3, -0.25) is 0 Å². The fourth-order valence-corrected chi connectivity index (χ4v) is 3.16. The van der Waals surface area contributed by atoms with Gasteiger partial charge in [0.15, 0.2) is 0 Å². The van der Waals surface area contributed by atoms with Crippen molar-refractivity contribution in [3.05, 3.63) is 99.2 Å². The van der Waals surface area contributed by atoms with Gasteiger partial charge in [0.2, 0.25) is 0 Å². The minimum Gasteiger partial charge on any atom is -0.388 e. The van der Waals surface area contributed by atoms with E-state index < -0.39 is 6.10 Å². The van der Waals surface area contributed by atoms with Crippen LogP contribution in [0.1, 0.15) is 29.7 Å². The third-order valence-corrected chi connectivity index (χ3v) is 4.95. The molecule has 0 spiro atoms. The zero-order chi connectivity index (χ0) is 18.5. The van der Waals surface area contributed by atoms with E-state index in [1.165, 1.54) is 12.1 Å². The van der Waals surface area contributed by atoms with Crippen LogP contribution in [0.5, 0.6) is 0 Å². The van der Waals surface area contributed by atoms with Crippen LogP contribution in [0.3, 0.4) is 0 Å². The largest absolute Gasteiger partial charge is 0.388 e. The molecule has 2 nitrogen and oxygen atoms in total. The molecular weight excluding hydrogens is 417 g/mol. The lowest BCUT2D eigenvalue weighted by Crippen LogP contribution is -2.15. The molecule has 134 valence electrons. The Kier molecular flexibility index (Phi) is 6.30. The molecule has 0 saturated heterocycles. The fourth-order valence-electron chi connectivity index (χ4n) is 2.77. The van der Waals surface area contributed by atoms with Crippen LogP contribution in [0.15, 0.2) is 77.3 Å². The Morgan fingerprint density at radius 1 is 0.885 bits per heavy atom. The predicted molar refractivity (Wildman–Crippen MR) is 108 cm³/mol. The monoisotopic (exact) mass is 433 g/mol. The van der Waals surface area contributed by atoms with Crippen LogP contribution < -0.4 is 5.32 Å². The number of aliphatic hydroxyl groups is 1. The highest BCUT2D eigenvalue weighted by Crippen LogP contribution is 2.31. The van der Waals surface area contributed by atoms with E-state index >= 15 is 0 Å². The van der Waals surface area contributed by atoms with E-state index in [1.54, 1.807) is 12.1 Å². The van der Waals surface area contributed by atoms with Gasteiger partial charge in [0.1, 0.15) is 5.82 Å². The molecule has 0 bridgehead atoms. The molecule has 3 aromatic rings. The molecule has 0 aliphatic carbocycles. The number of anilines is 1. The van der Waals surface area contributed by atoms with E-state index in [9.17, 15) is 9.50 Å². The van der Waals surface area contributed by atoms with Crippen LogP contribution in [0.4, 0.5) is 10.1 Å². The van der Waals surface area contributed by atoms with Crippen LogP contribution in [0.25, 0.3) is 0 Å². The molecule has 0 aromatic heterocycles. The summed E-state index contributed by atoms with van der Waals surface area (Å²) in [6, 6.07) is 21.2. The maximum absolute atomic E-state index is 13.1. The maximum atomic E-state index is 13.1. The average molecular weight is 435 g/mol. The third kappa shape index (κ3) is 5.07. The fraction of sp³-hybridized carbons (Fsp3) is 0.143. The van der Waals surface area contributed by atoms with E-state index in [1.807, 2.05) is 48.5 Å². The van der Waals surface area contributed by atoms with Gasteiger partial charge in [-0.1, -0.05) is 51.8 Å². The number of aliphatic hydroxyl groups excluding tert-OH is 1. The standard InChI is InChI=1S/C21H18BrClFNO/c22-16-5-11-19(12-6-16)25-20(14-1-7-17(23)8-2-14)13-21(26)15-3-9-18(24)10-4-15/h1-12,20-21,25-26H,13H2. The van der Waals surface area contributed by atoms with E-state index in [-0.39, 0.29) is 11.9 Å². The zero-order valence-electron chi connectivity index (χ0n) is 13.9. The van der Waals surface area contributed by atoms with Crippen molar-refractivity contribution in [3.8, 4) is 0 Å². The topological polar surface area (TPSA) is 32.3 Å². The molecular formula is C21H18BrClFNO. The first-order valence-corrected chi connectivity index (χ1v) is 9.39. The number of nitrogens with one attached hydrogen (secondary N) is 1. The lowest BCUT2D eigenvalue weighted by Gasteiger charge is -2.24. The Bertz CT molecular complexity index is 837. The van der Waals surface area contributed by atoms with Crippen molar-refractivity contribution < 1.29 is 9.50 Å². The highest BCUT2D eigenvalue weighted by molar-refractivity contribution is 9.10. The van der Waals surface area contributed by atoms with Gasteiger partial charge in [0, 0.05) is 21.6 Å². The Labute approximate surface area is 165 Å². The van der Waals surface area contributed by atoms with Crippen LogP contribution in [0, 0.1) is 5.82 Å². The van der Waals surface area contributed by atoms with Crippen molar-refractivity contribution in [2.45, 2.75) is 18.6 Å². The van der Waals surface area contributed by atoms with Crippen molar-refractivity contribution in [1.29, 1.82) is 0 Å². The summed E-state index contributed by atoms with van der Waals surface area (Å²) in [6.45, 7) is 0. The molecule has 0 amide bonds. The van der Waals surface area contributed by atoms with Crippen molar-refractivity contribution in [3.63, 3.8) is 0 Å². The Hall–Kier alpha value is -1.88. The number of rotatable bonds is 6. The summed E-state index contributed by atoms with van der Waals surface area (Å²) in [5.74, 6) is -0.316. The molecule has 0 heterocycles. The minimum absolute atomic E-state index is 0.131. The number of benzene rings is 3. The molecule has 3 rings (SSSR count). The van der Waals surface area contributed by atoms with Gasteiger partial charge >= 0.3 is 0 Å². The Morgan fingerprint density at radius 2 is 1.46 bits per heavy atom. The molecule has 2 unspecified atom stereocenters. The van der Waals surface area contributed by atoms with Crippen LogP contribution in [0.2, 0.25) is 5.02 Å². The SMILES string of the molecule is OC(CC(Nc1ccc(Br)cc1)c1ccc(Cl)cc1)c1ccc(F)cc1. The maximum Gasteiger partial charge on any atom is 0.123 e. The number of halogens is 3. The predicted octanol–water partition coefficient (Wildman–Crippen LogP) is 6.52. The summed E-state index contributed by atoms with van der Waals surface area (Å²) < 4.78 is 14.1. The second-order valence-electron chi connectivity index (χ2n) is 6.06. The summed E-state index contributed by atoms with van der Waals surface area (Å²) >= 11 is 9.43. The van der Waals surface area contributed by atoms with Gasteiger partial charge in [-0.25, -0.2) is 4.39 Å². The lowest BCUT2D eigenvalue weighted by atomic mass is 9.96. The first-order chi connectivity index (χ1) is 12.5. The van der Waals surface area contributed by atoms with Gasteiger partial charge in [0.05, 0.1) is 12.1 Å². The van der Waals surface area contributed by atoms with Crippen LogP contribution in [-0.4, -0.2) is 5.11 Å². The van der Waals surface area contributed by atoms with Crippen molar-refractivity contribution in [2.75, 3.05) is 5.32 Å². The van der Waals surface area contributed by atoms with Gasteiger partial charge in [0.25, 0.3) is 0 Å². The molecule has 5 heteroatoms. The van der Waals surface area contributed by atoms with Gasteiger partial charge in [-0.05, 0) is 59.7 Å². The van der Waals surface area contributed by atoms with Crippen molar-refractivity contribution in [1.82, 2.24) is 0 Å². The summed E-state index contributed by atoms with van der Waals surface area (Å²) in [7, 11) is 0. The highest BCUT2D eigenvalue weighted by atomic mass is 79.9. The zero-order valence-corrected chi connectivity index (χ0v) is 16.2. The summed E-state index contributed by atoms with van der Waals surface area (Å²) in [5, 5.41) is 14.7. The summed E-state index contributed by atoms with van der Waals surface area (Å²) in [6.07, 6.45) is -0.289. The van der Waals surface area contributed by atoms with E-state index in [4.69, 9.17) is 11.6 Å². The average Bonchev–Trinajstić information content (AvgIpc) is 2.64. The van der Waals surface area contributed by atoms with E-state index in [0.29, 0.717) is 17.0 Å². The lowest BCUT2D eigenvalue weighted by molar-refractivity contribution is 0.160. The Morgan fingerprint density at radius 3 is 2.08 bits per heavy atom. The molecule has 0 aliphatic heterocycles. The van der Waals surface area contributed by atoms with Crippen molar-refractivity contribution >= 4 is 33.2 Å². The van der Waals surface area contributed by atoms with Gasteiger partial charge in [-0.15, -0.1) is 0 Å². The van der Waals surface area contributed by atoms with Crippen LogP contribution >= 0.6 is 27.5 Å². The molecule has 0 fully saturated rings. The smallest absolute Gasteiger partial charge is 0.123 e. The highest BCUT2D eigenvalue weighted by Gasteiger charge is 2.18. The minimum atomic E-state index is -0.723. The first kappa shape index (κ1) is 18.9. The normalized spacial score (nSPS) is 13.2. The van der Waals surface area contributed by atoms with Crippen molar-refractivity contribution in [2.24, 2.45) is 0 Å². The molecule has 3 aromatic carbocycles. The molecule has 0 aliphatic rings. The van der Waals surface area contributed by atoms with Crippen LogP contribution in [-0.2, 0) is 0 Å². The molecule has 2 N–H and O–H groups in total. The number of hydrogen-bond acceptors (Lipinski definition) is 2. The molecule has 0 radical (unpaired) electrons. The molecule has 0 saturated carbocycles. The number of hydrogen-bond donors (Lipinski definition) is 2. The van der Waals surface area contributed by atoms with Gasteiger partial charge < -0.3 is 10.4 Å². The summed E-state index contributed by atoms with van der Waals surface area (Å²) in [4.78, 5) is 0. The second-order valence-corrected chi connectivity index (χ2v) is 7.41. The third-order valence-electron chi connectivity index (χ3n) is 4.17. The van der Waals surface area contributed by atoms with Gasteiger partial charge in [-0.2, -0.15) is 0 Å².